The van der Waals surface area contributed by atoms with Crippen molar-refractivity contribution in [2.45, 2.75) is 24.5 Å². The number of rotatable bonds is 5. The first kappa shape index (κ1) is 16.6. The van der Waals surface area contributed by atoms with Crippen molar-refractivity contribution >= 4 is 17.4 Å². The lowest BCUT2D eigenvalue weighted by Crippen LogP contribution is -2.13. The molecule has 3 heterocycles. The van der Waals surface area contributed by atoms with E-state index in [0.29, 0.717) is 39.5 Å². The largest absolute Gasteiger partial charge is 0.469 e. The van der Waals surface area contributed by atoms with Crippen LogP contribution in [-0.4, -0.2) is 21.9 Å². The van der Waals surface area contributed by atoms with Crippen molar-refractivity contribution in [2.24, 2.45) is 0 Å². The third-order valence-electron chi connectivity index (χ3n) is 3.83. The van der Waals surface area contributed by atoms with Gasteiger partial charge < -0.3 is 18.3 Å². The van der Waals surface area contributed by atoms with Crippen LogP contribution >= 0.6 is 11.8 Å². The number of fused-ring (bicyclic) bond motifs is 1. The number of benzene rings is 1. The summed E-state index contributed by atoms with van der Waals surface area (Å²) in [6.07, 6.45) is 1.55. The number of hydrogen-bond acceptors (Lipinski definition) is 9. The van der Waals surface area contributed by atoms with Gasteiger partial charge >= 0.3 is 0 Å². The summed E-state index contributed by atoms with van der Waals surface area (Å²) in [6.45, 7) is 2.20. The molecule has 0 atom stereocenters. The third-order valence-corrected chi connectivity index (χ3v) is 4.70. The summed E-state index contributed by atoms with van der Waals surface area (Å²) in [6, 6.07) is 4.71. The summed E-state index contributed by atoms with van der Waals surface area (Å²) >= 11 is 1.28. The van der Waals surface area contributed by atoms with Gasteiger partial charge in [0, 0.05) is 29.0 Å². The second-order valence-corrected chi connectivity index (χ2v) is 6.44. The summed E-state index contributed by atoms with van der Waals surface area (Å²) in [5.74, 6) is 2.05. The zero-order valence-corrected chi connectivity index (χ0v) is 14.4. The molecule has 10 heteroatoms. The molecule has 0 spiro atoms. The van der Waals surface area contributed by atoms with E-state index in [1.165, 1.54) is 23.9 Å². The molecule has 0 bridgehead atoms. The van der Waals surface area contributed by atoms with Gasteiger partial charge in [-0.15, -0.1) is 10.2 Å². The van der Waals surface area contributed by atoms with Gasteiger partial charge in [0.05, 0.1) is 23.4 Å². The summed E-state index contributed by atoms with van der Waals surface area (Å²) in [7, 11) is 0. The number of thioether (sulfide) groups is 1. The SMILES string of the molecule is Cc1occc1-c1nnc(SCc2cc([N+](=O)[O-])cc3c2OCOC3)o1. The average molecular weight is 375 g/mol. The molecule has 0 aliphatic carbocycles. The summed E-state index contributed by atoms with van der Waals surface area (Å²) in [5.41, 5.74) is 2.06. The van der Waals surface area contributed by atoms with E-state index in [4.69, 9.17) is 18.3 Å². The highest BCUT2D eigenvalue weighted by atomic mass is 32.2. The molecule has 9 nitrogen and oxygen atoms in total. The molecule has 0 saturated carbocycles. The number of hydrogen-bond donors (Lipinski definition) is 0. The van der Waals surface area contributed by atoms with E-state index in [9.17, 15) is 10.1 Å². The van der Waals surface area contributed by atoms with Crippen molar-refractivity contribution < 1.29 is 23.2 Å². The molecule has 0 radical (unpaired) electrons. The molecular formula is C16H13N3O6S. The maximum absolute atomic E-state index is 11.1. The van der Waals surface area contributed by atoms with E-state index >= 15 is 0 Å². The minimum atomic E-state index is -0.435. The van der Waals surface area contributed by atoms with Gasteiger partial charge in [0.2, 0.25) is 0 Å². The molecule has 1 aromatic carbocycles. The van der Waals surface area contributed by atoms with E-state index in [1.807, 2.05) is 0 Å². The minimum absolute atomic E-state index is 0.00584. The molecule has 3 aromatic rings. The van der Waals surface area contributed by atoms with Crippen molar-refractivity contribution in [1.82, 2.24) is 10.2 Å². The normalized spacial score (nSPS) is 13.3. The molecule has 1 aliphatic heterocycles. The van der Waals surface area contributed by atoms with Crippen molar-refractivity contribution in [3.8, 4) is 17.2 Å². The van der Waals surface area contributed by atoms with Crippen LogP contribution in [0.1, 0.15) is 16.9 Å². The van der Waals surface area contributed by atoms with Gasteiger partial charge in [-0.1, -0.05) is 11.8 Å². The van der Waals surface area contributed by atoms with Gasteiger partial charge in [0.1, 0.15) is 11.5 Å². The van der Waals surface area contributed by atoms with Crippen molar-refractivity contribution in [1.29, 1.82) is 0 Å². The molecule has 0 N–H and O–H groups in total. The Labute approximate surface area is 151 Å². The van der Waals surface area contributed by atoms with E-state index in [0.717, 1.165) is 5.56 Å². The maximum Gasteiger partial charge on any atom is 0.277 e. The predicted molar refractivity (Wildman–Crippen MR) is 89.7 cm³/mol. The van der Waals surface area contributed by atoms with Gasteiger partial charge in [-0.25, -0.2) is 0 Å². The van der Waals surface area contributed by atoms with E-state index in [2.05, 4.69) is 10.2 Å². The number of nitro groups is 1. The predicted octanol–water partition coefficient (Wildman–Crippen LogP) is 3.71. The van der Waals surface area contributed by atoms with Crippen LogP contribution in [0.3, 0.4) is 0 Å². The molecule has 4 rings (SSSR count). The lowest BCUT2D eigenvalue weighted by molar-refractivity contribution is -0.385. The molecule has 134 valence electrons. The number of non-ortho nitro benzene ring substituents is 1. The standard InChI is InChI=1S/C16H13N3O6S/c1-9-13(2-3-23-9)15-17-18-16(25-15)26-7-11-5-12(19(20)21)4-10-6-22-8-24-14(10)11/h2-5H,6-8H2,1H3. The smallest absolute Gasteiger partial charge is 0.277 e. The summed E-state index contributed by atoms with van der Waals surface area (Å²) < 4.78 is 21.6. The van der Waals surface area contributed by atoms with Crippen molar-refractivity contribution in [2.75, 3.05) is 6.79 Å². The number of aromatic nitrogens is 2. The molecular weight excluding hydrogens is 362 g/mol. The van der Waals surface area contributed by atoms with Crippen LogP contribution < -0.4 is 4.74 Å². The second kappa shape index (κ2) is 6.81. The quantitative estimate of drug-likeness (QED) is 0.374. The molecule has 0 saturated heterocycles. The molecule has 1 aliphatic rings. The topological polar surface area (TPSA) is 114 Å². The highest BCUT2D eigenvalue weighted by Gasteiger charge is 2.22. The van der Waals surface area contributed by atoms with Crippen LogP contribution in [0.15, 0.2) is 38.5 Å². The summed E-state index contributed by atoms with van der Waals surface area (Å²) in [5, 5.41) is 19.5. The second-order valence-electron chi connectivity index (χ2n) is 5.51. The lowest BCUT2D eigenvalue weighted by atomic mass is 10.1. The van der Waals surface area contributed by atoms with Crippen LogP contribution in [0, 0.1) is 17.0 Å². The van der Waals surface area contributed by atoms with Crippen LogP contribution in [0.4, 0.5) is 5.69 Å². The van der Waals surface area contributed by atoms with Crippen LogP contribution in [-0.2, 0) is 17.1 Å². The highest BCUT2D eigenvalue weighted by molar-refractivity contribution is 7.98. The Morgan fingerprint density at radius 3 is 3.00 bits per heavy atom. The van der Waals surface area contributed by atoms with Gasteiger partial charge in [0.25, 0.3) is 16.8 Å². The Kier molecular flexibility index (Phi) is 4.35. The molecule has 0 fully saturated rings. The Hall–Kier alpha value is -2.85. The molecule has 2 aromatic heterocycles. The Morgan fingerprint density at radius 1 is 1.35 bits per heavy atom. The number of nitro benzene ring substituents is 1. The van der Waals surface area contributed by atoms with Crippen LogP contribution in [0.2, 0.25) is 0 Å². The van der Waals surface area contributed by atoms with Crippen LogP contribution in [0.5, 0.6) is 5.75 Å². The van der Waals surface area contributed by atoms with Gasteiger partial charge in [0.15, 0.2) is 6.79 Å². The fourth-order valence-electron chi connectivity index (χ4n) is 2.62. The zero-order chi connectivity index (χ0) is 18.1. The monoisotopic (exact) mass is 375 g/mol. The maximum atomic E-state index is 11.1. The van der Waals surface area contributed by atoms with Gasteiger partial charge in [-0.2, -0.15) is 0 Å². The number of ether oxygens (including phenoxy) is 2. The average Bonchev–Trinajstić information content (AvgIpc) is 3.27. The first-order valence-electron chi connectivity index (χ1n) is 7.63. The van der Waals surface area contributed by atoms with Crippen LogP contribution in [0.25, 0.3) is 11.5 Å². The molecule has 0 amide bonds. The number of aryl methyl sites for hydroxylation is 1. The first-order chi connectivity index (χ1) is 12.6. The lowest BCUT2D eigenvalue weighted by Gasteiger charge is -2.20. The number of nitrogens with zero attached hydrogens (tertiary/aromatic N) is 3. The van der Waals surface area contributed by atoms with E-state index in [1.54, 1.807) is 19.3 Å². The zero-order valence-electron chi connectivity index (χ0n) is 13.6. The summed E-state index contributed by atoms with van der Waals surface area (Å²) in [4.78, 5) is 10.7. The van der Waals surface area contributed by atoms with Crippen molar-refractivity contribution in [3.05, 3.63) is 51.5 Å². The van der Waals surface area contributed by atoms with E-state index in [-0.39, 0.29) is 19.1 Å². The first-order valence-corrected chi connectivity index (χ1v) is 8.62. The highest BCUT2D eigenvalue weighted by Crippen LogP contribution is 2.36. The molecule has 26 heavy (non-hydrogen) atoms. The van der Waals surface area contributed by atoms with E-state index < -0.39 is 4.92 Å². The fraction of sp³-hybridized carbons (Fsp3) is 0.250. The third kappa shape index (κ3) is 3.16. The fourth-order valence-corrected chi connectivity index (χ4v) is 3.35. The minimum Gasteiger partial charge on any atom is -0.469 e. The Balaban J connectivity index is 1.56. The molecule has 0 unspecified atom stereocenters. The Morgan fingerprint density at radius 2 is 2.23 bits per heavy atom. The van der Waals surface area contributed by atoms with Crippen molar-refractivity contribution in [3.63, 3.8) is 0 Å². The van der Waals surface area contributed by atoms with Gasteiger partial charge in [-0.3, -0.25) is 10.1 Å². The number of furan rings is 1. The Bertz CT molecular complexity index is 967. The van der Waals surface area contributed by atoms with Gasteiger partial charge in [-0.05, 0) is 13.0 Å².